The number of nitrogens with zero attached hydrogens (tertiary/aromatic N) is 2. The van der Waals surface area contributed by atoms with Crippen LogP contribution >= 0.6 is 23.7 Å². The molecule has 1 unspecified atom stereocenters. The Balaban J connectivity index is 0.00000161. The van der Waals surface area contributed by atoms with Gasteiger partial charge in [0.15, 0.2) is 0 Å². The second-order valence-electron chi connectivity index (χ2n) is 5.29. The highest BCUT2D eigenvalue weighted by atomic mass is 35.5. The van der Waals surface area contributed by atoms with Crippen LogP contribution in [-0.4, -0.2) is 60.4 Å². The molecule has 0 aliphatic carbocycles. The zero-order chi connectivity index (χ0) is 13.9. The number of carbonyl (C=O) groups excluding carboxylic acids is 2. The van der Waals surface area contributed by atoms with Gasteiger partial charge in [-0.15, -0.1) is 23.7 Å². The Morgan fingerprint density at radius 1 is 1.38 bits per heavy atom. The maximum absolute atomic E-state index is 12.4. The molecular weight excluding hydrogens is 310 g/mol. The molecular formula is C14H20ClN3O2S. The molecule has 2 aliphatic rings. The van der Waals surface area contributed by atoms with Gasteiger partial charge in [0.1, 0.15) is 0 Å². The van der Waals surface area contributed by atoms with E-state index in [1.54, 1.807) is 0 Å². The molecule has 0 spiro atoms. The molecule has 2 saturated heterocycles. The number of halogens is 1. The van der Waals surface area contributed by atoms with Crippen LogP contribution in [-0.2, 0) is 4.79 Å². The van der Waals surface area contributed by atoms with Crippen molar-refractivity contribution in [2.24, 2.45) is 0 Å². The molecule has 21 heavy (non-hydrogen) atoms. The van der Waals surface area contributed by atoms with Crippen molar-refractivity contribution in [1.29, 1.82) is 0 Å². The molecule has 5 nitrogen and oxygen atoms in total. The van der Waals surface area contributed by atoms with Gasteiger partial charge in [-0.05, 0) is 24.3 Å². The summed E-state index contributed by atoms with van der Waals surface area (Å²) in [6.07, 6.45) is 1.97. The lowest BCUT2D eigenvalue weighted by molar-refractivity contribution is -0.135. The van der Waals surface area contributed by atoms with Gasteiger partial charge in [-0.25, -0.2) is 0 Å². The number of nitrogens with one attached hydrogen (secondary N) is 1. The van der Waals surface area contributed by atoms with Crippen LogP contribution in [0.25, 0.3) is 0 Å². The van der Waals surface area contributed by atoms with E-state index in [0.717, 1.165) is 37.4 Å². The number of likely N-dealkylation sites (tertiary alicyclic amines) is 1. The Labute approximate surface area is 134 Å². The normalized spacial score (nSPS) is 22.9. The van der Waals surface area contributed by atoms with Gasteiger partial charge in [0.25, 0.3) is 5.91 Å². The first-order valence-corrected chi connectivity index (χ1v) is 7.96. The average molecular weight is 330 g/mol. The van der Waals surface area contributed by atoms with E-state index in [0.29, 0.717) is 13.1 Å². The third-order valence-electron chi connectivity index (χ3n) is 3.98. The predicted molar refractivity (Wildman–Crippen MR) is 85.1 cm³/mol. The summed E-state index contributed by atoms with van der Waals surface area (Å²) in [6.45, 7) is 3.50. The molecule has 116 valence electrons. The average Bonchev–Trinajstić information content (AvgIpc) is 3.01. The second kappa shape index (κ2) is 7.24. The third-order valence-corrected chi connectivity index (χ3v) is 4.84. The van der Waals surface area contributed by atoms with Gasteiger partial charge in [-0.1, -0.05) is 6.07 Å². The first-order valence-electron chi connectivity index (χ1n) is 7.08. The molecule has 1 atom stereocenters. The van der Waals surface area contributed by atoms with E-state index in [1.165, 1.54) is 11.3 Å². The van der Waals surface area contributed by atoms with E-state index in [4.69, 9.17) is 0 Å². The summed E-state index contributed by atoms with van der Waals surface area (Å²) >= 11 is 1.48. The van der Waals surface area contributed by atoms with E-state index in [2.05, 4.69) is 5.32 Å². The van der Waals surface area contributed by atoms with Crippen molar-refractivity contribution in [3.8, 4) is 0 Å². The fourth-order valence-corrected chi connectivity index (χ4v) is 3.65. The highest BCUT2D eigenvalue weighted by molar-refractivity contribution is 7.12. The van der Waals surface area contributed by atoms with Crippen LogP contribution in [0.15, 0.2) is 17.5 Å². The maximum Gasteiger partial charge on any atom is 0.263 e. The van der Waals surface area contributed by atoms with Crippen molar-refractivity contribution in [1.82, 2.24) is 15.1 Å². The zero-order valence-corrected chi connectivity index (χ0v) is 13.4. The number of piperazine rings is 1. The Morgan fingerprint density at radius 2 is 2.24 bits per heavy atom. The Kier molecular flexibility index (Phi) is 5.61. The van der Waals surface area contributed by atoms with Gasteiger partial charge in [-0.2, -0.15) is 0 Å². The fourth-order valence-electron chi connectivity index (χ4n) is 2.96. The van der Waals surface area contributed by atoms with E-state index < -0.39 is 0 Å². The maximum atomic E-state index is 12.4. The van der Waals surface area contributed by atoms with Crippen LogP contribution < -0.4 is 5.32 Å². The minimum atomic E-state index is 0. The molecule has 3 heterocycles. The van der Waals surface area contributed by atoms with Gasteiger partial charge in [0.05, 0.1) is 11.4 Å². The van der Waals surface area contributed by atoms with Crippen LogP contribution in [0.5, 0.6) is 0 Å². The van der Waals surface area contributed by atoms with Crippen LogP contribution in [0.2, 0.25) is 0 Å². The Morgan fingerprint density at radius 3 is 2.95 bits per heavy atom. The van der Waals surface area contributed by atoms with Crippen molar-refractivity contribution in [3.05, 3.63) is 22.4 Å². The first kappa shape index (κ1) is 16.3. The molecule has 0 bridgehead atoms. The van der Waals surface area contributed by atoms with Gasteiger partial charge in [-0.3, -0.25) is 9.59 Å². The summed E-state index contributed by atoms with van der Waals surface area (Å²) in [4.78, 5) is 29.0. The number of hydrogen-bond acceptors (Lipinski definition) is 4. The third kappa shape index (κ3) is 3.56. The van der Waals surface area contributed by atoms with Gasteiger partial charge in [0.2, 0.25) is 5.91 Å². The number of piperidine rings is 1. The Bertz CT molecular complexity index is 494. The highest BCUT2D eigenvalue weighted by Crippen LogP contribution is 2.20. The molecule has 2 fully saturated rings. The largest absolute Gasteiger partial charge is 0.336 e. The fraction of sp³-hybridized carbons (Fsp3) is 0.571. The molecule has 3 rings (SSSR count). The van der Waals surface area contributed by atoms with Gasteiger partial charge in [0, 0.05) is 32.2 Å². The van der Waals surface area contributed by atoms with Gasteiger partial charge >= 0.3 is 0 Å². The quantitative estimate of drug-likeness (QED) is 0.887. The molecule has 1 N–H and O–H groups in total. The van der Waals surface area contributed by atoms with Crippen molar-refractivity contribution < 1.29 is 9.59 Å². The molecule has 1 aromatic rings. The molecule has 2 aliphatic heterocycles. The molecule has 0 saturated carbocycles. The minimum absolute atomic E-state index is 0. The first-order chi connectivity index (χ1) is 9.75. The molecule has 0 radical (unpaired) electrons. The molecule has 0 aromatic carbocycles. The lowest BCUT2D eigenvalue weighted by Crippen LogP contribution is -2.57. The van der Waals surface area contributed by atoms with Crippen molar-refractivity contribution in [2.75, 3.05) is 32.7 Å². The van der Waals surface area contributed by atoms with Gasteiger partial charge < -0.3 is 15.1 Å². The topological polar surface area (TPSA) is 52.7 Å². The summed E-state index contributed by atoms with van der Waals surface area (Å²) < 4.78 is 0. The Hall–Kier alpha value is -1.11. The molecule has 2 amide bonds. The smallest absolute Gasteiger partial charge is 0.263 e. The summed E-state index contributed by atoms with van der Waals surface area (Å²) in [7, 11) is 0. The number of rotatable bonds is 2. The molecule has 7 heteroatoms. The highest BCUT2D eigenvalue weighted by Gasteiger charge is 2.31. The number of thiophene rings is 1. The van der Waals surface area contributed by atoms with Crippen LogP contribution in [0.4, 0.5) is 0 Å². The SMILES string of the molecule is Cl.O=C(c1cccs1)N1CCCC(N2CCNCC2=O)C1. The lowest BCUT2D eigenvalue weighted by atomic mass is 10.0. The minimum Gasteiger partial charge on any atom is -0.336 e. The zero-order valence-electron chi connectivity index (χ0n) is 11.8. The predicted octanol–water partition coefficient (Wildman–Crippen LogP) is 1.21. The van der Waals surface area contributed by atoms with Crippen molar-refractivity contribution in [2.45, 2.75) is 18.9 Å². The number of carbonyl (C=O) groups is 2. The number of hydrogen-bond donors (Lipinski definition) is 1. The van der Waals surface area contributed by atoms with E-state index in [1.807, 2.05) is 27.3 Å². The molecule has 1 aromatic heterocycles. The lowest BCUT2D eigenvalue weighted by Gasteiger charge is -2.41. The van der Waals surface area contributed by atoms with E-state index in [9.17, 15) is 9.59 Å². The number of amides is 2. The monoisotopic (exact) mass is 329 g/mol. The summed E-state index contributed by atoms with van der Waals surface area (Å²) in [5, 5.41) is 5.01. The summed E-state index contributed by atoms with van der Waals surface area (Å²) in [5.41, 5.74) is 0. The van der Waals surface area contributed by atoms with Crippen LogP contribution in [0.3, 0.4) is 0 Å². The summed E-state index contributed by atoms with van der Waals surface area (Å²) in [5.74, 6) is 0.263. The van der Waals surface area contributed by atoms with E-state index >= 15 is 0 Å². The van der Waals surface area contributed by atoms with E-state index in [-0.39, 0.29) is 30.3 Å². The standard InChI is InChI=1S/C14H19N3O2S.ClH/c18-13-9-15-5-7-17(13)11-3-1-6-16(10-11)14(19)12-4-2-8-20-12;/h2,4,8,11,15H,1,3,5-7,9-10H2;1H. The van der Waals surface area contributed by atoms with Crippen molar-refractivity contribution in [3.63, 3.8) is 0 Å². The second-order valence-corrected chi connectivity index (χ2v) is 6.24. The van der Waals surface area contributed by atoms with Crippen LogP contribution in [0, 0.1) is 0 Å². The summed E-state index contributed by atoms with van der Waals surface area (Å²) in [6, 6.07) is 3.95. The van der Waals surface area contributed by atoms with Crippen LogP contribution in [0.1, 0.15) is 22.5 Å². The van der Waals surface area contributed by atoms with Crippen molar-refractivity contribution >= 4 is 35.6 Å².